The summed E-state index contributed by atoms with van der Waals surface area (Å²) in [6.45, 7) is 1.26. The minimum Gasteiger partial charge on any atom is -0.491 e. The molecule has 0 atom stereocenters. The smallest absolute Gasteiger partial charge is 0.143 e. The molecule has 14 heavy (non-hydrogen) atoms. The summed E-state index contributed by atoms with van der Waals surface area (Å²) in [6, 6.07) is 5.34. The van der Waals surface area contributed by atoms with E-state index in [1.165, 1.54) is 0 Å². The van der Waals surface area contributed by atoms with E-state index in [0.717, 1.165) is 6.42 Å². The molecule has 0 aliphatic carbocycles. The third-order valence-corrected chi connectivity index (χ3v) is 2.09. The summed E-state index contributed by atoms with van der Waals surface area (Å²) in [5, 5.41) is 0.522. The molecule has 0 amide bonds. The molecule has 0 unspecified atom stereocenters. The Morgan fingerprint density at radius 1 is 1.36 bits per heavy atom. The molecular formula is C10H14ClNO2. The quantitative estimate of drug-likeness (QED) is 0.606. The van der Waals surface area contributed by atoms with Crippen LogP contribution in [0.4, 0.5) is 5.69 Å². The van der Waals surface area contributed by atoms with Crippen LogP contribution in [0.3, 0.4) is 0 Å². The molecule has 0 fully saturated rings. The average Bonchev–Trinajstić information content (AvgIpc) is 2.19. The number of para-hydroxylation sites is 1. The number of hydrogen-bond donors (Lipinski definition) is 1. The number of anilines is 1. The number of nitrogen functional groups attached to an aromatic ring is 1. The first-order chi connectivity index (χ1) is 6.75. The van der Waals surface area contributed by atoms with Crippen LogP contribution in [0.2, 0.25) is 5.02 Å². The van der Waals surface area contributed by atoms with E-state index in [0.29, 0.717) is 29.7 Å². The van der Waals surface area contributed by atoms with E-state index < -0.39 is 0 Å². The number of methoxy groups -OCH3 is 1. The van der Waals surface area contributed by atoms with E-state index in [2.05, 4.69) is 0 Å². The van der Waals surface area contributed by atoms with Crippen molar-refractivity contribution in [2.45, 2.75) is 6.42 Å². The van der Waals surface area contributed by atoms with E-state index in [-0.39, 0.29) is 0 Å². The SMILES string of the molecule is COCCCOc1cccc(Cl)c1N. The lowest BCUT2D eigenvalue weighted by Crippen LogP contribution is -2.03. The fourth-order valence-corrected chi connectivity index (χ4v) is 1.19. The zero-order valence-corrected chi connectivity index (χ0v) is 8.88. The molecule has 0 spiro atoms. The van der Waals surface area contributed by atoms with E-state index in [1.807, 2.05) is 6.07 Å². The Morgan fingerprint density at radius 2 is 2.14 bits per heavy atom. The number of ether oxygens (including phenoxy) is 2. The molecule has 0 aromatic heterocycles. The molecular weight excluding hydrogens is 202 g/mol. The van der Waals surface area contributed by atoms with E-state index in [1.54, 1.807) is 19.2 Å². The summed E-state index contributed by atoms with van der Waals surface area (Å²) in [6.07, 6.45) is 0.836. The number of hydrogen-bond acceptors (Lipinski definition) is 3. The van der Waals surface area contributed by atoms with Crippen molar-refractivity contribution in [2.75, 3.05) is 26.1 Å². The van der Waals surface area contributed by atoms with Gasteiger partial charge in [0.05, 0.1) is 17.3 Å². The molecule has 78 valence electrons. The molecule has 1 aromatic rings. The monoisotopic (exact) mass is 215 g/mol. The highest BCUT2D eigenvalue weighted by atomic mass is 35.5. The van der Waals surface area contributed by atoms with Crippen LogP contribution in [-0.4, -0.2) is 20.3 Å². The molecule has 0 bridgehead atoms. The van der Waals surface area contributed by atoms with Gasteiger partial charge >= 0.3 is 0 Å². The summed E-state index contributed by atoms with van der Waals surface area (Å²) < 4.78 is 10.3. The van der Waals surface area contributed by atoms with Gasteiger partial charge in [0, 0.05) is 20.1 Å². The van der Waals surface area contributed by atoms with Gasteiger partial charge in [0.15, 0.2) is 0 Å². The first-order valence-corrected chi connectivity index (χ1v) is 4.79. The fraction of sp³-hybridized carbons (Fsp3) is 0.400. The molecule has 0 saturated heterocycles. The normalized spacial score (nSPS) is 10.1. The van der Waals surface area contributed by atoms with Crippen LogP contribution in [0.5, 0.6) is 5.75 Å². The average molecular weight is 216 g/mol. The summed E-state index contributed by atoms with van der Waals surface area (Å²) in [7, 11) is 1.66. The summed E-state index contributed by atoms with van der Waals surface area (Å²) in [4.78, 5) is 0. The second kappa shape index (κ2) is 5.73. The van der Waals surface area contributed by atoms with Crippen LogP contribution in [0, 0.1) is 0 Å². The molecule has 4 heteroatoms. The van der Waals surface area contributed by atoms with Gasteiger partial charge in [-0.3, -0.25) is 0 Å². The second-order valence-electron chi connectivity index (χ2n) is 2.85. The maximum absolute atomic E-state index is 5.82. The van der Waals surface area contributed by atoms with E-state index in [9.17, 15) is 0 Å². The van der Waals surface area contributed by atoms with E-state index in [4.69, 9.17) is 26.8 Å². The first-order valence-electron chi connectivity index (χ1n) is 4.41. The highest BCUT2D eigenvalue weighted by molar-refractivity contribution is 6.33. The van der Waals surface area contributed by atoms with Crippen molar-refractivity contribution in [3.05, 3.63) is 23.2 Å². The zero-order valence-electron chi connectivity index (χ0n) is 8.13. The lowest BCUT2D eigenvalue weighted by atomic mass is 10.3. The minimum absolute atomic E-state index is 0.492. The molecule has 3 nitrogen and oxygen atoms in total. The van der Waals surface area contributed by atoms with E-state index >= 15 is 0 Å². The highest BCUT2D eigenvalue weighted by Gasteiger charge is 2.02. The third-order valence-electron chi connectivity index (χ3n) is 1.76. The number of nitrogens with two attached hydrogens (primary N) is 1. The summed E-state index contributed by atoms with van der Waals surface area (Å²) in [5.74, 6) is 0.633. The van der Waals surface area contributed by atoms with Gasteiger partial charge in [0.1, 0.15) is 5.75 Å². The molecule has 0 aliphatic rings. The summed E-state index contributed by atoms with van der Waals surface area (Å²) in [5.41, 5.74) is 6.20. The molecule has 0 saturated carbocycles. The molecule has 0 heterocycles. The Morgan fingerprint density at radius 3 is 2.86 bits per heavy atom. The molecule has 1 aromatic carbocycles. The zero-order chi connectivity index (χ0) is 10.4. The maximum Gasteiger partial charge on any atom is 0.143 e. The van der Waals surface area contributed by atoms with Crippen LogP contribution in [0.25, 0.3) is 0 Å². The van der Waals surface area contributed by atoms with Gasteiger partial charge in [-0.2, -0.15) is 0 Å². The predicted molar refractivity (Wildman–Crippen MR) is 57.9 cm³/mol. The number of benzene rings is 1. The Hall–Kier alpha value is -0.930. The van der Waals surface area contributed by atoms with Gasteiger partial charge in [-0.15, -0.1) is 0 Å². The Kier molecular flexibility index (Phi) is 4.56. The topological polar surface area (TPSA) is 44.5 Å². The predicted octanol–water partition coefficient (Wildman–Crippen LogP) is 2.34. The van der Waals surface area contributed by atoms with Crippen LogP contribution >= 0.6 is 11.6 Å². The second-order valence-corrected chi connectivity index (χ2v) is 3.25. The van der Waals surface area contributed by atoms with Crippen LogP contribution in [0.15, 0.2) is 18.2 Å². The maximum atomic E-state index is 5.82. The Bertz CT molecular complexity index is 291. The Labute approximate surface area is 88.8 Å². The third kappa shape index (κ3) is 3.09. The van der Waals surface area contributed by atoms with Crippen LogP contribution in [-0.2, 0) is 4.74 Å². The van der Waals surface area contributed by atoms with Gasteiger partial charge in [-0.25, -0.2) is 0 Å². The summed E-state index contributed by atoms with van der Waals surface area (Å²) >= 11 is 5.82. The first kappa shape index (κ1) is 11.1. The van der Waals surface area contributed by atoms with Crippen molar-refractivity contribution in [1.82, 2.24) is 0 Å². The largest absolute Gasteiger partial charge is 0.491 e. The van der Waals surface area contributed by atoms with Crippen molar-refractivity contribution < 1.29 is 9.47 Å². The van der Waals surface area contributed by atoms with Crippen molar-refractivity contribution in [3.63, 3.8) is 0 Å². The van der Waals surface area contributed by atoms with Gasteiger partial charge in [0.25, 0.3) is 0 Å². The minimum atomic E-state index is 0.492. The van der Waals surface area contributed by atoms with Gasteiger partial charge in [0.2, 0.25) is 0 Å². The van der Waals surface area contributed by atoms with Crippen molar-refractivity contribution in [2.24, 2.45) is 0 Å². The Balaban J connectivity index is 2.46. The van der Waals surface area contributed by atoms with Crippen LogP contribution in [0.1, 0.15) is 6.42 Å². The van der Waals surface area contributed by atoms with Crippen molar-refractivity contribution >= 4 is 17.3 Å². The van der Waals surface area contributed by atoms with Crippen molar-refractivity contribution in [1.29, 1.82) is 0 Å². The number of rotatable bonds is 5. The van der Waals surface area contributed by atoms with Gasteiger partial charge in [-0.1, -0.05) is 17.7 Å². The fourth-order valence-electron chi connectivity index (χ4n) is 1.03. The van der Waals surface area contributed by atoms with Crippen LogP contribution < -0.4 is 10.5 Å². The lowest BCUT2D eigenvalue weighted by Gasteiger charge is -2.09. The molecule has 2 N–H and O–H groups in total. The standard InChI is InChI=1S/C10H14ClNO2/c1-13-6-3-7-14-9-5-2-4-8(11)10(9)12/h2,4-5H,3,6-7,12H2,1H3. The molecule has 1 rings (SSSR count). The van der Waals surface area contributed by atoms with Crippen molar-refractivity contribution in [3.8, 4) is 5.75 Å². The van der Waals surface area contributed by atoms with Gasteiger partial charge < -0.3 is 15.2 Å². The highest BCUT2D eigenvalue weighted by Crippen LogP contribution is 2.28. The molecule has 0 radical (unpaired) electrons. The lowest BCUT2D eigenvalue weighted by molar-refractivity contribution is 0.172. The molecule has 0 aliphatic heterocycles. The number of halogens is 1. The van der Waals surface area contributed by atoms with Gasteiger partial charge in [-0.05, 0) is 12.1 Å².